The zero-order valence-corrected chi connectivity index (χ0v) is 21.7. The van der Waals surface area contributed by atoms with Crippen LogP contribution in [0.15, 0.2) is 71.3 Å². The third-order valence-corrected chi connectivity index (χ3v) is 6.72. The first-order chi connectivity index (χ1) is 18.4. The van der Waals surface area contributed by atoms with Crippen molar-refractivity contribution >= 4 is 40.1 Å². The Morgan fingerprint density at radius 3 is 2.47 bits per heavy atom. The van der Waals surface area contributed by atoms with Gasteiger partial charge in [-0.05, 0) is 48.4 Å². The van der Waals surface area contributed by atoms with Crippen LogP contribution in [0.3, 0.4) is 0 Å². The van der Waals surface area contributed by atoms with Gasteiger partial charge in [0.1, 0.15) is 35.3 Å². The highest BCUT2D eigenvalue weighted by Crippen LogP contribution is 2.38. The summed E-state index contributed by atoms with van der Waals surface area (Å²) in [7, 11) is 0. The van der Waals surface area contributed by atoms with Gasteiger partial charge in [-0.2, -0.15) is 0 Å². The summed E-state index contributed by atoms with van der Waals surface area (Å²) in [6.45, 7) is 2.22. The standard InChI is InChI=1S/C29H21Cl2FN2O4/c1-2-4-26-20(28(34-38-26)27-21(30)5-3-6-22(27)31)15-37-18-10-7-16(8-11-18)19-13-17-9-12-24(29(35)36)33-25(17)14-23(19)32/h3,5-14H,2,4,15H2,1H3,(H,35,36). The number of fused-ring (bicyclic) bond motifs is 1. The molecule has 0 radical (unpaired) electrons. The van der Waals surface area contributed by atoms with E-state index >= 15 is 0 Å². The van der Waals surface area contributed by atoms with E-state index in [2.05, 4.69) is 10.1 Å². The molecule has 1 N–H and O–H groups in total. The lowest BCUT2D eigenvalue weighted by atomic mass is 10.0. The Kier molecular flexibility index (Phi) is 7.31. The molecule has 0 saturated heterocycles. The van der Waals surface area contributed by atoms with E-state index in [0.29, 0.717) is 55.7 Å². The lowest BCUT2D eigenvalue weighted by molar-refractivity contribution is 0.0691. The summed E-state index contributed by atoms with van der Waals surface area (Å²) in [5.74, 6) is -0.395. The van der Waals surface area contributed by atoms with Gasteiger partial charge in [0.25, 0.3) is 0 Å². The number of carboxylic acid groups (broad SMARTS) is 1. The summed E-state index contributed by atoms with van der Waals surface area (Å²) in [6.07, 6.45) is 1.54. The second-order valence-corrected chi connectivity index (χ2v) is 9.43. The van der Waals surface area contributed by atoms with Crippen molar-refractivity contribution in [2.24, 2.45) is 0 Å². The molecule has 38 heavy (non-hydrogen) atoms. The topological polar surface area (TPSA) is 85.5 Å². The Morgan fingerprint density at radius 1 is 1.05 bits per heavy atom. The molecule has 9 heteroatoms. The molecule has 5 rings (SSSR count). The van der Waals surface area contributed by atoms with E-state index in [1.54, 1.807) is 54.6 Å². The summed E-state index contributed by atoms with van der Waals surface area (Å²) < 4.78 is 26.6. The van der Waals surface area contributed by atoms with Gasteiger partial charge in [0.15, 0.2) is 0 Å². The van der Waals surface area contributed by atoms with E-state index in [0.717, 1.165) is 12.0 Å². The molecule has 5 aromatic rings. The number of benzene rings is 3. The molecule has 0 unspecified atom stereocenters. The van der Waals surface area contributed by atoms with Crippen LogP contribution in [0.5, 0.6) is 5.75 Å². The highest BCUT2D eigenvalue weighted by Gasteiger charge is 2.22. The number of ether oxygens (including phenoxy) is 1. The van der Waals surface area contributed by atoms with Crippen molar-refractivity contribution < 1.29 is 23.6 Å². The van der Waals surface area contributed by atoms with Crippen LogP contribution in [-0.2, 0) is 13.0 Å². The van der Waals surface area contributed by atoms with E-state index in [9.17, 15) is 9.18 Å². The molecule has 0 aliphatic rings. The van der Waals surface area contributed by atoms with Crippen molar-refractivity contribution in [3.63, 3.8) is 0 Å². The van der Waals surface area contributed by atoms with E-state index in [-0.39, 0.29) is 17.8 Å². The first-order valence-corrected chi connectivity index (χ1v) is 12.6. The van der Waals surface area contributed by atoms with Crippen molar-refractivity contribution in [3.05, 3.63) is 99.6 Å². The van der Waals surface area contributed by atoms with Crippen LogP contribution in [-0.4, -0.2) is 21.2 Å². The molecule has 0 fully saturated rings. The van der Waals surface area contributed by atoms with Crippen LogP contribution >= 0.6 is 23.2 Å². The Hall–Kier alpha value is -3.94. The fourth-order valence-corrected chi connectivity index (χ4v) is 4.78. The van der Waals surface area contributed by atoms with Crippen LogP contribution in [0.25, 0.3) is 33.3 Å². The van der Waals surface area contributed by atoms with Gasteiger partial charge in [-0.15, -0.1) is 0 Å². The molecule has 0 spiro atoms. The van der Waals surface area contributed by atoms with Gasteiger partial charge in [0, 0.05) is 29.0 Å². The highest BCUT2D eigenvalue weighted by molar-refractivity contribution is 6.39. The van der Waals surface area contributed by atoms with Gasteiger partial charge in [-0.1, -0.05) is 59.5 Å². The molecule has 192 valence electrons. The quantitative estimate of drug-likeness (QED) is 0.209. The van der Waals surface area contributed by atoms with Crippen molar-refractivity contribution in [1.29, 1.82) is 0 Å². The average molecular weight is 551 g/mol. The molecular formula is C29H21Cl2FN2O4. The number of carbonyl (C=O) groups is 1. The predicted molar refractivity (Wildman–Crippen MR) is 144 cm³/mol. The molecule has 0 bridgehead atoms. The van der Waals surface area contributed by atoms with Crippen molar-refractivity contribution in [2.75, 3.05) is 0 Å². The molecule has 3 aromatic carbocycles. The lowest BCUT2D eigenvalue weighted by Crippen LogP contribution is -2.01. The van der Waals surface area contributed by atoms with Crippen LogP contribution in [0.4, 0.5) is 4.39 Å². The molecule has 6 nitrogen and oxygen atoms in total. The normalized spacial score (nSPS) is 11.2. The number of nitrogens with zero attached hydrogens (tertiary/aromatic N) is 2. The number of rotatable bonds is 8. The first kappa shape index (κ1) is 25.7. The van der Waals surface area contributed by atoms with Gasteiger partial charge >= 0.3 is 5.97 Å². The summed E-state index contributed by atoms with van der Waals surface area (Å²) in [4.78, 5) is 15.2. The minimum absolute atomic E-state index is 0.138. The minimum Gasteiger partial charge on any atom is -0.489 e. The molecule has 0 saturated carbocycles. The van der Waals surface area contributed by atoms with E-state index in [1.807, 2.05) is 6.92 Å². The predicted octanol–water partition coefficient (Wildman–Crippen LogP) is 8.23. The Labute approximate surface area is 227 Å². The second kappa shape index (κ2) is 10.8. The zero-order valence-electron chi connectivity index (χ0n) is 20.2. The molecule has 0 atom stereocenters. The minimum atomic E-state index is -1.16. The second-order valence-electron chi connectivity index (χ2n) is 8.62. The van der Waals surface area contributed by atoms with Crippen molar-refractivity contribution in [3.8, 4) is 28.1 Å². The smallest absolute Gasteiger partial charge is 0.354 e. The van der Waals surface area contributed by atoms with Gasteiger partial charge in [-0.3, -0.25) is 0 Å². The molecule has 0 aliphatic carbocycles. The van der Waals surface area contributed by atoms with Crippen LogP contribution in [0.1, 0.15) is 35.2 Å². The lowest BCUT2D eigenvalue weighted by Gasteiger charge is -2.11. The maximum Gasteiger partial charge on any atom is 0.354 e. The van der Waals surface area contributed by atoms with E-state index in [1.165, 1.54) is 12.1 Å². The van der Waals surface area contributed by atoms with Crippen molar-refractivity contribution in [1.82, 2.24) is 10.1 Å². The van der Waals surface area contributed by atoms with Gasteiger partial charge in [-0.25, -0.2) is 14.2 Å². The van der Waals surface area contributed by atoms with Crippen LogP contribution in [0.2, 0.25) is 10.0 Å². The van der Waals surface area contributed by atoms with Crippen LogP contribution in [0, 0.1) is 5.82 Å². The third kappa shape index (κ3) is 5.08. The number of carboxylic acids is 1. The number of hydrogen-bond acceptors (Lipinski definition) is 5. The first-order valence-electron chi connectivity index (χ1n) is 11.8. The molecule has 2 heterocycles. The fourth-order valence-electron chi connectivity index (χ4n) is 4.21. The van der Waals surface area contributed by atoms with E-state index < -0.39 is 11.8 Å². The average Bonchev–Trinajstić information content (AvgIpc) is 3.29. The Bertz CT molecular complexity index is 1630. The summed E-state index contributed by atoms with van der Waals surface area (Å²) >= 11 is 12.8. The molecule has 0 aliphatic heterocycles. The SMILES string of the molecule is CCCc1onc(-c2c(Cl)cccc2Cl)c1COc1ccc(-c2cc3ccc(C(=O)O)nc3cc2F)cc1. The number of aromatic carboxylic acids is 1. The molecule has 2 aromatic heterocycles. The summed E-state index contributed by atoms with van der Waals surface area (Å²) in [5.41, 5.74) is 3.04. The molecular weight excluding hydrogens is 530 g/mol. The highest BCUT2D eigenvalue weighted by atomic mass is 35.5. The Balaban J connectivity index is 1.40. The Morgan fingerprint density at radius 2 is 1.79 bits per heavy atom. The summed E-state index contributed by atoms with van der Waals surface area (Å²) in [5, 5.41) is 14.9. The number of aryl methyl sites for hydroxylation is 1. The third-order valence-electron chi connectivity index (χ3n) is 6.09. The number of aromatic nitrogens is 2. The largest absolute Gasteiger partial charge is 0.489 e. The van der Waals surface area contributed by atoms with Gasteiger partial charge < -0.3 is 14.4 Å². The molecule has 0 amide bonds. The number of hydrogen-bond donors (Lipinski definition) is 1. The maximum absolute atomic E-state index is 14.9. The maximum atomic E-state index is 14.9. The van der Waals surface area contributed by atoms with E-state index in [4.69, 9.17) is 37.6 Å². The fraction of sp³-hybridized carbons (Fsp3) is 0.138. The number of halogens is 3. The van der Waals surface area contributed by atoms with Gasteiger partial charge in [0.2, 0.25) is 0 Å². The summed E-state index contributed by atoms with van der Waals surface area (Å²) in [6, 6.07) is 18.2. The van der Waals surface area contributed by atoms with Gasteiger partial charge in [0.05, 0.1) is 21.1 Å². The monoisotopic (exact) mass is 550 g/mol. The number of pyridine rings is 1. The van der Waals surface area contributed by atoms with Crippen molar-refractivity contribution in [2.45, 2.75) is 26.4 Å². The zero-order chi connectivity index (χ0) is 26.8. The van der Waals surface area contributed by atoms with Crippen LogP contribution < -0.4 is 4.74 Å².